The molecule has 0 atom stereocenters. The molecule has 2 aromatic rings. The Kier molecular flexibility index (Phi) is 8.46. The highest BCUT2D eigenvalue weighted by Crippen LogP contribution is 2.33. The highest BCUT2D eigenvalue weighted by atomic mass is 35.5. The van der Waals surface area contributed by atoms with Gasteiger partial charge in [0.1, 0.15) is 10.7 Å². The summed E-state index contributed by atoms with van der Waals surface area (Å²) in [6, 6.07) is 5.77. The first-order chi connectivity index (χ1) is 14.8. The van der Waals surface area contributed by atoms with Crippen LogP contribution < -0.4 is 10.6 Å². The van der Waals surface area contributed by atoms with Gasteiger partial charge in [0.05, 0.1) is 23.4 Å². The van der Waals surface area contributed by atoms with E-state index in [1.807, 2.05) is 0 Å². The minimum Gasteiger partial charge on any atom is -0.381 e. The Labute approximate surface area is 187 Å². The monoisotopic (exact) mass is 495 g/mol. The predicted molar refractivity (Wildman–Crippen MR) is 111 cm³/mol. The fourth-order valence-electron chi connectivity index (χ4n) is 3.00. The minimum atomic E-state index is -4.63. The molecule has 2 heterocycles. The summed E-state index contributed by atoms with van der Waals surface area (Å²) < 4.78 is 72.9. The molecule has 1 saturated heterocycles. The van der Waals surface area contributed by atoms with E-state index >= 15 is 0 Å². The average Bonchev–Trinajstić information content (AvgIpc) is 2.73. The van der Waals surface area contributed by atoms with Crippen molar-refractivity contribution >= 4 is 33.4 Å². The lowest BCUT2D eigenvalue weighted by Gasteiger charge is -2.32. The molecule has 1 aromatic carbocycles. The Hall–Kier alpha value is -2.41. The summed E-state index contributed by atoms with van der Waals surface area (Å²) in [5.74, 6) is -0.411. The number of hydrogen-bond acceptors (Lipinski definition) is 6. The van der Waals surface area contributed by atoms with Crippen LogP contribution in [0.3, 0.4) is 0 Å². The summed E-state index contributed by atoms with van der Waals surface area (Å²) in [5, 5.41) is -0.0951. The highest BCUT2D eigenvalue weighted by molar-refractivity contribution is 7.85. The lowest BCUT2D eigenvalue weighted by atomic mass is 10.1. The van der Waals surface area contributed by atoms with Gasteiger partial charge in [-0.25, -0.2) is 4.98 Å². The Morgan fingerprint density at radius 1 is 1.25 bits per heavy atom. The first kappa shape index (κ1) is 25.8. The molecule has 1 aliphatic rings. The number of piperidine rings is 1. The van der Waals surface area contributed by atoms with Crippen LogP contribution in [0.1, 0.15) is 28.8 Å². The number of hydrogen-bond donors (Lipinski definition) is 2. The van der Waals surface area contributed by atoms with Crippen LogP contribution in [0.5, 0.6) is 0 Å². The Morgan fingerprint density at radius 2 is 1.88 bits per heavy atom. The van der Waals surface area contributed by atoms with Crippen LogP contribution in [0.4, 0.5) is 19.0 Å². The molecule has 1 fully saturated rings. The molecule has 3 N–H and O–H groups in total. The topological polar surface area (TPSA) is 123 Å². The van der Waals surface area contributed by atoms with E-state index in [1.165, 1.54) is 18.3 Å². The molecule has 0 unspecified atom stereocenters. The zero-order valence-corrected chi connectivity index (χ0v) is 18.4. The molecule has 3 rings (SSSR count). The Balaban J connectivity index is 0.000000235. The number of carbonyl (C=O) groups excluding carboxylic acids is 1. The molecule has 0 aliphatic carbocycles. The maximum atomic E-state index is 12.3. The molecule has 0 saturated carbocycles. The molecule has 32 heavy (non-hydrogen) atoms. The van der Waals surface area contributed by atoms with Crippen LogP contribution in [0.2, 0.25) is 5.02 Å². The van der Waals surface area contributed by atoms with Gasteiger partial charge in [-0.2, -0.15) is 21.6 Å². The molecular weight excluding hydrogens is 475 g/mol. The third kappa shape index (κ3) is 7.05. The number of pyridine rings is 1. The normalized spacial score (nSPS) is 15.1. The number of halogens is 4. The number of carbonyl (C=O) groups is 1. The molecular formula is C19H21ClF3N3O5S. The average molecular weight is 496 g/mol. The van der Waals surface area contributed by atoms with Gasteiger partial charge in [-0.15, -0.1) is 0 Å². The largest absolute Gasteiger partial charge is 0.417 e. The zero-order valence-electron chi connectivity index (χ0n) is 16.8. The third-order valence-corrected chi connectivity index (χ3v) is 5.74. The standard InChI is InChI=1S/C11H16N2O4S.C8H5ClF3NO/c1-17-9-4-6-13(7-5-9)11-3-2-10(8-12-11)18(14,15)16;9-4-1-2-5(7(13)14)6(3-4)8(10,11)12/h2-3,8-9H,4-7H2,1H3,(H,14,15,16);1-3H,(H2,13,14). The van der Waals surface area contributed by atoms with Crippen molar-refractivity contribution in [3.05, 3.63) is 52.7 Å². The van der Waals surface area contributed by atoms with Crippen molar-refractivity contribution < 1.29 is 35.7 Å². The second-order valence-corrected chi connectivity index (χ2v) is 8.66. The van der Waals surface area contributed by atoms with Crippen molar-refractivity contribution in [1.29, 1.82) is 0 Å². The van der Waals surface area contributed by atoms with E-state index in [1.54, 1.807) is 13.2 Å². The van der Waals surface area contributed by atoms with Gasteiger partial charge in [0.25, 0.3) is 10.1 Å². The van der Waals surface area contributed by atoms with Gasteiger partial charge in [-0.05, 0) is 43.2 Å². The molecule has 0 spiro atoms. The molecule has 0 bridgehead atoms. The van der Waals surface area contributed by atoms with Crippen molar-refractivity contribution in [2.75, 3.05) is 25.1 Å². The van der Waals surface area contributed by atoms with Gasteiger partial charge in [0, 0.05) is 25.2 Å². The first-order valence-electron chi connectivity index (χ1n) is 9.20. The van der Waals surface area contributed by atoms with E-state index in [4.69, 9.17) is 26.6 Å². The summed E-state index contributed by atoms with van der Waals surface area (Å²) in [7, 11) is -2.46. The molecule has 1 aliphatic heterocycles. The fraction of sp³-hybridized carbons (Fsp3) is 0.368. The van der Waals surface area contributed by atoms with Gasteiger partial charge in [-0.3, -0.25) is 9.35 Å². The van der Waals surface area contributed by atoms with Gasteiger partial charge in [-0.1, -0.05) is 11.6 Å². The molecule has 1 amide bonds. The van der Waals surface area contributed by atoms with Gasteiger partial charge >= 0.3 is 6.18 Å². The van der Waals surface area contributed by atoms with Crippen molar-refractivity contribution in [3.8, 4) is 0 Å². The van der Waals surface area contributed by atoms with Gasteiger partial charge < -0.3 is 15.4 Å². The maximum Gasteiger partial charge on any atom is 0.417 e. The number of ether oxygens (including phenoxy) is 1. The van der Waals surface area contributed by atoms with Crippen LogP contribution in [-0.4, -0.2) is 50.2 Å². The van der Waals surface area contributed by atoms with E-state index in [9.17, 15) is 26.4 Å². The zero-order chi connectivity index (χ0) is 24.1. The molecule has 176 valence electrons. The molecule has 13 heteroatoms. The van der Waals surface area contributed by atoms with Gasteiger partial charge in [0.15, 0.2) is 0 Å². The van der Waals surface area contributed by atoms with Crippen LogP contribution in [0, 0.1) is 0 Å². The number of alkyl halides is 3. The highest BCUT2D eigenvalue weighted by Gasteiger charge is 2.34. The summed E-state index contributed by atoms with van der Waals surface area (Å²) >= 11 is 5.38. The summed E-state index contributed by atoms with van der Waals surface area (Å²) in [6.07, 6.45) is -1.31. The smallest absolute Gasteiger partial charge is 0.381 e. The van der Waals surface area contributed by atoms with E-state index < -0.39 is 33.3 Å². The van der Waals surface area contributed by atoms with Crippen LogP contribution >= 0.6 is 11.6 Å². The summed E-state index contributed by atoms with van der Waals surface area (Å²) in [5.41, 5.74) is 3.08. The van der Waals surface area contributed by atoms with Crippen LogP contribution in [0.25, 0.3) is 0 Å². The summed E-state index contributed by atoms with van der Waals surface area (Å²) in [4.78, 5) is 16.6. The number of rotatable bonds is 4. The lowest BCUT2D eigenvalue weighted by molar-refractivity contribution is -0.137. The van der Waals surface area contributed by atoms with E-state index in [0.717, 1.165) is 37.8 Å². The Morgan fingerprint density at radius 3 is 2.31 bits per heavy atom. The minimum absolute atomic E-state index is 0.0951. The molecule has 8 nitrogen and oxygen atoms in total. The number of aromatic nitrogens is 1. The number of nitrogens with two attached hydrogens (primary N) is 1. The van der Waals surface area contributed by atoms with E-state index in [-0.39, 0.29) is 9.92 Å². The second kappa shape index (κ2) is 10.5. The Bertz CT molecular complexity index is 1040. The number of methoxy groups -OCH3 is 1. The number of primary amides is 1. The fourth-order valence-corrected chi connectivity index (χ4v) is 3.60. The predicted octanol–water partition coefficient (Wildman–Crippen LogP) is 3.40. The number of anilines is 1. The first-order valence-corrected chi connectivity index (χ1v) is 11.0. The van der Waals surface area contributed by atoms with E-state index in [0.29, 0.717) is 12.2 Å². The molecule has 0 radical (unpaired) electrons. The van der Waals surface area contributed by atoms with Crippen molar-refractivity contribution in [2.24, 2.45) is 5.73 Å². The van der Waals surface area contributed by atoms with Crippen molar-refractivity contribution in [1.82, 2.24) is 4.98 Å². The van der Waals surface area contributed by atoms with Crippen LogP contribution in [0.15, 0.2) is 41.4 Å². The summed E-state index contributed by atoms with van der Waals surface area (Å²) in [6.45, 7) is 1.66. The lowest BCUT2D eigenvalue weighted by Crippen LogP contribution is -2.37. The van der Waals surface area contributed by atoms with Gasteiger partial charge in [0.2, 0.25) is 5.91 Å². The number of amides is 1. The van der Waals surface area contributed by atoms with Crippen molar-refractivity contribution in [3.63, 3.8) is 0 Å². The van der Waals surface area contributed by atoms with Crippen molar-refractivity contribution in [2.45, 2.75) is 30.0 Å². The maximum absolute atomic E-state index is 12.3. The second-order valence-electron chi connectivity index (χ2n) is 6.80. The SMILES string of the molecule is COC1CCN(c2ccc(S(=O)(=O)O)cn2)CC1.NC(=O)c1ccc(Cl)cc1C(F)(F)F. The van der Waals surface area contributed by atoms with E-state index in [2.05, 4.69) is 9.88 Å². The van der Waals surface area contributed by atoms with Crippen LogP contribution in [-0.2, 0) is 21.0 Å². The molecule has 1 aromatic heterocycles. The number of benzene rings is 1. The number of nitrogens with zero attached hydrogens (tertiary/aromatic N) is 2. The quantitative estimate of drug-likeness (QED) is 0.623. The third-order valence-electron chi connectivity index (χ3n) is 4.67.